The van der Waals surface area contributed by atoms with E-state index in [1.165, 1.54) is 0 Å². The highest BCUT2D eigenvalue weighted by molar-refractivity contribution is 5.89. The highest BCUT2D eigenvalue weighted by Crippen LogP contribution is 2.35. The average Bonchev–Trinajstić information content (AvgIpc) is 3.21. The standard InChI is InChI=1S/C23H30N4O3/c1-3-26-16-23(13-21(26)28)15-25(14-20-10-9-18(2)30-20)11-12-27(17-23)22(29)24-19-7-5-4-6-8-19/h4-10H,3,11-17H2,1-2H3,(H,24,29)/t23-/m0/s1. The van der Waals surface area contributed by atoms with Gasteiger partial charge in [0.05, 0.1) is 6.54 Å². The Bertz CT molecular complexity index is 897. The molecule has 7 heteroatoms. The summed E-state index contributed by atoms with van der Waals surface area (Å²) < 4.78 is 5.78. The lowest BCUT2D eigenvalue weighted by Crippen LogP contribution is -2.45. The molecule has 7 nitrogen and oxygen atoms in total. The second-order valence-corrected chi connectivity index (χ2v) is 8.53. The highest BCUT2D eigenvalue weighted by atomic mass is 16.3. The Morgan fingerprint density at radius 2 is 1.90 bits per heavy atom. The quantitative estimate of drug-likeness (QED) is 0.841. The molecular weight excluding hydrogens is 380 g/mol. The fraction of sp³-hybridized carbons (Fsp3) is 0.478. The van der Waals surface area contributed by atoms with Crippen molar-refractivity contribution in [3.8, 4) is 0 Å². The summed E-state index contributed by atoms with van der Waals surface area (Å²) in [5, 5.41) is 3.00. The van der Waals surface area contributed by atoms with Crippen LogP contribution in [0.15, 0.2) is 46.9 Å². The van der Waals surface area contributed by atoms with Crippen LogP contribution in [0, 0.1) is 12.3 Å². The molecule has 2 fully saturated rings. The molecule has 2 aliphatic rings. The number of nitrogens with one attached hydrogen (secondary N) is 1. The molecule has 1 atom stereocenters. The first-order chi connectivity index (χ1) is 14.5. The molecule has 0 radical (unpaired) electrons. The van der Waals surface area contributed by atoms with Gasteiger partial charge in [-0.1, -0.05) is 18.2 Å². The van der Waals surface area contributed by atoms with Gasteiger partial charge in [0.25, 0.3) is 0 Å². The number of urea groups is 1. The van der Waals surface area contributed by atoms with Crippen LogP contribution in [0.4, 0.5) is 10.5 Å². The Morgan fingerprint density at radius 1 is 1.10 bits per heavy atom. The fourth-order valence-electron chi connectivity index (χ4n) is 4.65. The predicted molar refractivity (Wildman–Crippen MR) is 115 cm³/mol. The zero-order chi connectivity index (χ0) is 21.1. The third-order valence-corrected chi connectivity index (χ3v) is 6.05. The number of carbonyl (C=O) groups excluding carboxylic acids is 2. The monoisotopic (exact) mass is 410 g/mol. The first-order valence-corrected chi connectivity index (χ1v) is 10.6. The van der Waals surface area contributed by atoms with Crippen LogP contribution in [0.2, 0.25) is 0 Å². The molecule has 0 unspecified atom stereocenters. The molecule has 4 rings (SSSR count). The van der Waals surface area contributed by atoms with Crippen LogP contribution in [0.5, 0.6) is 0 Å². The number of aryl methyl sites for hydroxylation is 1. The van der Waals surface area contributed by atoms with Gasteiger partial charge in [0.15, 0.2) is 0 Å². The number of furan rings is 1. The van der Waals surface area contributed by atoms with Crippen LogP contribution >= 0.6 is 0 Å². The molecule has 3 amide bonds. The van der Waals surface area contributed by atoms with Gasteiger partial charge in [-0.15, -0.1) is 0 Å². The zero-order valence-corrected chi connectivity index (χ0v) is 17.8. The minimum atomic E-state index is -0.265. The summed E-state index contributed by atoms with van der Waals surface area (Å²) in [6.45, 7) is 8.72. The molecule has 1 N–H and O–H groups in total. The molecule has 0 aliphatic carbocycles. The van der Waals surface area contributed by atoms with Gasteiger partial charge in [-0.2, -0.15) is 0 Å². The van der Waals surface area contributed by atoms with Gasteiger partial charge < -0.3 is 19.5 Å². The molecule has 30 heavy (non-hydrogen) atoms. The van der Waals surface area contributed by atoms with Crippen molar-refractivity contribution in [2.75, 3.05) is 44.6 Å². The Balaban J connectivity index is 1.53. The first kappa shape index (κ1) is 20.5. The lowest BCUT2D eigenvalue weighted by atomic mass is 9.86. The van der Waals surface area contributed by atoms with Gasteiger partial charge in [-0.05, 0) is 38.1 Å². The van der Waals surface area contributed by atoms with Gasteiger partial charge in [-0.3, -0.25) is 9.69 Å². The van der Waals surface area contributed by atoms with E-state index in [9.17, 15) is 9.59 Å². The fourth-order valence-corrected chi connectivity index (χ4v) is 4.65. The number of rotatable bonds is 4. The number of carbonyl (C=O) groups is 2. The Kier molecular flexibility index (Phi) is 5.81. The Morgan fingerprint density at radius 3 is 2.57 bits per heavy atom. The first-order valence-electron chi connectivity index (χ1n) is 10.6. The summed E-state index contributed by atoms with van der Waals surface area (Å²) in [6.07, 6.45) is 0.476. The maximum Gasteiger partial charge on any atom is 0.321 e. The van der Waals surface area contributed by atoms with Crippen molar-refractivity contribution in [1.29, 1.82) is 0 Å². The van der Waals surface area contributed by atoms with Crippen molar-refractivity contribution in [3.05, 3.63) is 54.0 Å². The van der Waals surface area contributed by atoms with Gasteiger partial charge in [0.1, 0.15) is 11.5 Å². The number of benzene rings is 1. The lowest BCUT2D eigenvalue weighted by Gasteiger charge is -2.33. The van der Waals surface area contributed by atoms with E-state index in [1.54, 1.807) is 0 Å². The summed E-state index contributed by atoms with van der Waals surface area (Å²) in [5.74, 6) is 1.99. The molecule has 1 aromatic carbocycles. The molecule has 160 valence electrons. The van der Waals surface area contributed by atoms with Crippen molar-refractivity contribution in [3.63, 3.8) is 0 Å². The number of anilines is 1. The van der Waals surface area contributed by atoms with E-state index < -0.39 is 0 Å². The number of hydrogen-bond donors (Lipinski definition) is 1. The maximum absolute atomic E-state index is 13.0. The zero-order valence-electron chi connectivity index (χ0n) is 17.8. The second-order valence-electron chi connectivity index (χ2n) is 8.53. The number of para-hydroxylation sites is 1. The van der Waals surface area contributed by atoms with Crippen LogP contribution < -0.4 is 5.32 Å². The van der Waals surface area contributed by atoms with E-state index in [0.717, 1.165) is 30.3 Å². The van der Waals surface area contributed by atoms with E-state index >= 15 is 0 Å². The Hall–Kier alpha value is -2.80. The molecule has 3 heterocycles. The van der Waals surface area contributed by atoms with Gasteiger partial charge in [0, 0.05) is 56.8 Å². The third kappa shape index (κ3) is 4.51. The summed E-state index contributed by atoms with van der Waals surface area (Å²) in [7, 11) is 0. The molecule has 1 spiro atoms. The average molecular weight is 411 g/mol. The SMILES string of the molecule is CCN1C[C@]2(CC1=O)CN(Cc1ccc(C)o1)CCN(C(=O)Nc1ccccc1)C2. The third-order valence-electron chi connectivity index (χ3n) is 6.05. The van der Waals surface area contributed by atoms with E-state index in [-0.39, 0.29) is 17.4 Å². The molecule has 0 bridgehead atoms. The molecular formula is C23H30N4O3. The van der Waals surface area contributed by atoms with Crippen molar-refractivity contribution in [2.45, 2.75) is 26.8 Å². The van der Waals surface area contributed by atoms with Crippen LogP contribution in [-0.2, 0) is 11.3 Å². The summed E-state index contributed by atoms with van der Waals surface area (Å²) >= 11 is 0. The number of nitrogens with zero attached hydrogens (tertiary/aromatic N) is 3. The number of amides is 3. The largest absolute Gasteiger partial charge is 0.465 e. The van der Waals surface area contributed by atoms with Gasteiger partial charge in [0.2, 0.25) is 5.91 Å². The van der Waals surface area contributed by atoms with Crippen molar-refractivity contribution >= 4 is 17.6 Å². The molecule has 2 aliphatic heterocycles. The predicted octanol–water partition coefficient (Wildman–Crippen LogP) is 3.18. The topological polar surface area (TPSA) is 69.0 Å². The maximum atomic E-state index is 13.0. The molecule has 1 aromatic heterocycles. The molecule has 2 aromatic rings. The van der Waals surface area contributed by atoms with Crippen molar-refractivity contribution < 1.29 is 14.0 Å². The lowest BCUT2D eigenvalue weighted by molar-refractivity contribution is -0.127. The minimum Gasteiger partial charge on any atom is -0.465 e. The van der Waals surface area contributed by atoms with Crippen LogP contribution in [-0.4, -0.2) is 65.9 Å². The number of hydrogen-bond acceptors (Lipinski definition) is 4. The van der Waals surface area contributed by atoms with E-state index in [1.807, 2.05) is 66.1 Å². The number of likely N-dealkylation sites (tertiary alicyclic amines) is 1. The van der Waals surface area contributed by atoms with Crippen molar-refractivity contribution in [2.24, 2.45) is 5.41 Å². The van der Waals surface area contributed by atoms with Crippen LogP contribution in [0.25, 0.3) is 0 Å². The van der Waals surface area contributed by atoms with Gasteiger partial charge >= 0.3 is 6.03 Å². The van der Waals surface area contributed by atoms with E-state index in [4.69, 9.17) is 4.42 Å². The van der Waals surface area contributed by atoms with Crippen LogP contribution in [0.3, 0.4) is 0 Å². The van der Waals surface area contributed by atoms with E-state index in [0.29, 0.717) is 39.1 Å². The normalized spacial score (nSPS) is 22.5. The Labute approximate surface area is 177 Å². The summed E-state index contributed by atoms with van der Waals surface area (Å²) in [6, 6.07) is 13.4. The molecule has 0 saturated carbocycles. The highest BCUT2D eigenvalue weighted by Gasteiger charge is 2.46. The second kappa shape index (κ2) is 8.52. The minimum absolute atomic E-state index is 0.112. The van der Waals surface area contributed by atoms with Gasteiger partial charge in [-0.25, -0.2) is 4.79 Å². The smallest absolute Gasteiger partial charge is 0.321 e. The van der Waals surface area contributed by atoms with Crippen molar-refractivity contribution in [1.82, 2.24) is 14.7 Å². The van der Waals surface area contributed by atoms with Crippen LogP contribution in [0.1, 0.15) is 24.9 Å². The molecule has 2 saturated heterocycles. The summed E-state index contributed by atoms with van der Waals surface area (Å²) in [5.41, 5.74) is 0.514. The van der Waals surface area contributed by atoms with E-state index in [2.05, 4.69) is 10.2 Å². The summed E-state index contributed by atoms with van der Waals surface area (Å²) in [4.78, 5) is 31.7.